The molecule has 1 aliphatic heterocycles. The summed E-state index contributed by atoms with van der Waals surface area (Å²) in [5, 5.41) is -0.321. The smallest absolute Gasteiger partial charge is 0.161 e. The summed E-state index contributed by atoms with van der Waals surface area (Å²) in [6.07, 6.45) is -0.244. The highest BCUT2D eigenvalue weighted by molar-refractivity contribution is 9.10. The third kappa shape index (κ3) is 2.97. The minimum absolute atomic E-state index is 0.244. The molecule has 0 aromatic heterocycles. The van der Waals surface area contributed by atoms with Crippen LogP contribution in [0.3, 0.4) is 0 Å². The van der Waals surface area contributed by atoms with Crippen LogP contribution in [0.4, 0.5) is 0 Å². The zero-order valence-electron chi connectivity index (χ0n) is 11.4. The standard InChI is InChI=1S/C16H14BrClO3/c1-19-10-6-7-11(12(17)8-10)16(18)15-9-20-13-4-2-3-5-14(13)21-15/h2-8,15-16H,9H2,1H3. The van der Waals surface area contributed by atoms with Crippen LogP contribution >= 0.6 is 27.5 Å². The van der Waals surface area contributed by atoms with Crippen LogP contribution in [0.2, 0.25) is 0 Å². The quantitative estimate of drug-likeness (QED) is 0.741. The number of ether oxygens (including phenoxy) is 3. The number of rotatable bonds is 3. The Kier molecular flexibility index (Phi) is 4.27. The molecule has 1 aliphatic rings. The molecule has 0 saturated carbocycles. The van der Waals surface area contributed by atoms with Crippen LogP contribution in [0.25, 0.3) is 0 Å². The van der Waals surface area contributed by atoms with Crippen LogP contribution in [-0.2, 0) is 0 Å². The van der Waals surface area contributed by atoms with Gasteiger partial charge in [-0.05, 0) is 29.8 Å². The Bertz CT molecular complexity index is 647. The van der Waals surface area contributed by atoms with Crippen molar-refractivity contribution >= 4 is 27.5 Å². The molecule has 110 valence electrons. The second kappa shape index (κ2) is 6.16. The highest BCUT2D eigenvalue weighted by Gasteiger charge is 2.29. The third-order valence-electron chi connectivity index (χ3n) is 3.36. The summed E-state index contributed by atoms with van der Waals surface area (Å²) in [4.78, 5) is 0. The molecule has 0 fully saturated rings. The zero-order chi connectivity index (χ0) is 14.8. The molecular weight excluding hydrogens is 356 g/mol. The van der Waals surface area contributed by atoms with Gasteiger partial charge in [-0.3, -0.25) is 0 Å². The SMILES string of the molecule is COc1ccc(C(Cl)C2COc3ccccc3O2)c(Br)c1. The molecule has 1 heterocycles. The van der Waals surface area contributed by atoms with E-state index in [0.29, 0.717) is 6.61 Å². The molecule has 0 radical (unpaired) electrons. The molecule has 3 nitrogen and oxygen atoms in total. The van der Waals surface area contributed by atoms with E-state index in [2.05, 4.69) is 15.9 Å². The van der Waals surface area contributed by atoms with Crippen molar-refractivity contribution in [2.24, 2.45) is 0 Å². The van der Waals surface area contributed by atoms with Crippen LogP contribution in [0.5, 0.6) is 17.2 Å². The molecule has 0 amide bonds. The van der Waals surface area contributed by atoms with Gasteiger partial charge in [0.05, 0.1) is 12.5 Å². The van der Waals surface area contributed by atoms with Gasteiger partial charge < -0.3 is 14.2 Å². The number of benzene rings is 2. The van der Waals surface area contributed by atoms with Crippen LogP contribution in [-0.4, -0.2) is 19.8 Å². The molecule has 0 bridgehead atoms. The summed E-state index contributed by atoms with van der Waals surface area (Å²) in [6, 6.07) is 13.3. The fourth-order valence-electron chi connectivity index (χ4n) is 2.24. The molecule has 2 aromatic rings. The number of halogens is 2. The minimum Gasteiger partial charge on any atom is -0.497 e. The van der Waals surface area contributed by atoms with Crippen LogP contribution in [0.1, 0.15) is 10.9 Å². The van der Waals surface area contributed by atoms with Gasteiger partial charge in [0.25, 0.3) is 0 Å². The first-order chi connectivity index (χ1) is 10.2. The number of para-hydroxylation sites is 2. The third-order valence-corrected chi connectivity index (χ3v) is 4.56. The second-order valence-corrected chi connectivity index (χ2v) is 6.03. The van der Waals surface area contributed by atoms with Gasteiger partial charge in [0.2, 0.25) is 0 Å². The highest BCUT2D eigenvalue weighted by atomic mass is 79.9. The maximum absolute atomic E-state index is 6.58. The van der Waals surface area contributed by atoms with Crippen molar-refractivity contribution in [1.29, 1.82) is 0 Å². The predicted octanol–water partition coefficient (Wildman–Crippen LogP) is 4.58. The van der Waals surface area contributed by atoms with E-state index >= 15 is 0 Å². The van der Waals surface area contributed by atoms with E-state index in [-0.39, 0.29) is 11.5 Å². The van der Waals surface area contributed by atoms with Crippen molar-refractivity contribution in [2.45, 2.75) is 11.5 Å². The number of hydrogen-bond donors (Lipinski definition) is 0. The lowest BCUT2D eigenvalue weighted by Gasteiger charge is -2.30. The average molecular weight is 370 g/mol. The van der Waals surface area contributed by atoms with Gasteiger partial charge >= 0.3 is 0 Å². The van der Waals surface area contributed by atoms with E-state index in [4.69, 9.17) is 25.8 Å². The van der Waals surface area contributed by atoms with Gasteiger partial charge in [-0.2, -0.15) is 0 Å². The van der Waals surface area contributed by atoms with E-state index in [1.54, 1.807) is 7.11 Å². The lowest BCUT2D eigenvalue weighted by atomic mass is 10.1. The van der Waals surface area contributed by atoms with Crippen LogP contribution < -0.4 is 14.2 Å². The molecule has 2 aromatic carbocycles. The second-order valence-electron chi connectivity index (χ2n) is 4.70. The van der Waals surface area contributed by atoms with Crippen molar-refractivity contribution in [2.75, 3.05) is 13.7 Å². The number of alkyl halides is 1. The molecule has 3 rings (SSSR count). The summed E-state index contributed by atoms with van der Waals surface area (Å²) in [5.74, 6) is 2.26. The van der Waals surface area contributed by atoms with Crippen molar-refractivity contribution in [3.05, 3.63) is 52.5 Å². The van der Waals surface area contributed by atoms with Gasteiger partial charge in [0.15, 0.2) is 17.6 Å². The fourth-order valence-corrected chi connectivity index (χ4v) is 3.29. The summed E-state index contributed by atoms with van der Waals surface area (Å²) in [6.45, 7) is 0.420. The maximum Gasteiger partial charge on any atom is 0.161 e. The normalized spacial score (nSPS) is 18.1. The Morgan fingerprint density at radius 3 is 2.71 bits per heavy atom. The van der Waals surface area contributed by atoms with Crippen LogP contribution in [0.15, 0.2) is 46.9 Å². The van der Waals surface area contributed by atoms with Gasteiger partial charge in [-0.25, -0.2) is 0 Å². The van der Waals surface area contributed by atoms with Gasteiger partial charge in [0, 0.05) is 4.47 Å². The molecule has 0 spiro atoms. The summed E-state index contributed by atoms with van der Waals surface area (Å²) in [7, 11) is 1.63. The number of hydrogen-bond acceptors (Lipinski definition) is 3. The largest absolute Gasteiger partial charge is 0.497 e. The van der Waals surface area contributed by atoms with E-state index < -0.39 is 0 Å². The minimum atomic E-state index is -0.321. The Balaban J connectivity index is 1.82. The molecule has 2 atom stereocenters. The van der Waals surface area contributed by atoms with Crippen LogP contribution in [0, 0.1) is 0 Å². The van der Waals surface area contributed by atoms with E-state index in [1.165, 1.54) is 0 Å². The first kappa shape index (κ1) is 14.5. The lowest BCUT2D eigenvalue weighted by Crippen LogP contribution is -2.32. The fraction of sp³-hybridized carbons (Fsp3) is 0.250. The number of methoxy groups -OCH3 is 1. The molecular formula is C16H14BrClO3. The average Bonchev–Trinajstić information content (AvgIpc) is 2.53. The molecule has 0 aliphatic carbocycles. The Labute approximate surface area is 136 Å². The van der Waals surface area contributed by atoms with Gasteiger partial charge in [-0.15, -0.1) is 11.6 Å². The Morgan fingerprint density at radius 2 is 2.00 bits per heavy atom. The molecule has 5 heteroatoms. The van der Waals surface area contributed by atoms with E-state index in [0.717, 1.165) is 27.3 Å². The molecule has 21 heavy (non-hydrogen) atoms. The van der Waals surface area contributed by atoms with Crippen molar-refractivity contribution in [3.8, 4) is 17.2 Å². The maximum atomic E-state index is 6.58. The van der Waals surface area contributed by atoms with E-state index in [9.17, 15) is 0 Å². The first-order valence-corrected chi connectivity index (χ1v) is 7.78. The van der Waals surface area contributed by atoms with Crippen molar-refractivity contribution in [3.63, 3.8) is 0 Å². The molecule has 0 N–H and O–H groups in total. The van der Waals surface area contributed by atoms with Gasteiger partial charge in [-0.1, -0.05) is 34.1 Å². The summed E-state index contributed by atoms with van der Waals surface area (Å²) in [5.41, 5.74) is 0.949. The highest BCUT2D eigenvalue weighted by Crippen LogP contribution is 2.39. The molecule has 2 unspecified atom stereocenters. The van der Waals surface area contributed by atoms with Gasteiger partial charge in [0.1, 0.15) is 12.4 Å². The molecule has 0 saturated heterocycles. The summed E-state index contributed by atoms with van der Waals surface area (Å²) >= 11 is 10.1. The zero-order valence-corrected chi connectivity index (χ0v) is 13.7. The van der Waals surface area contributed by atoms with E-state index in [1.807, 2.05) is 42.5 Å². The van der Waals surface area contributed by atoms with Crippen molar-refractivity contribution in [1.82, 2.24) is 0 Å². The van der Waals surface area contributed by atoms with Crippen molar-refractivity contribution < 1.29 is 14.2 Å². The lowest BCUT2D eigenvalue weighted by molar-refractivity contribution is 0.0876. The number of fused-ring (bicyclic) bond motifs is 1. The Hall–Kier alpha value is -1.39. The summed E-state index contributed by atoms with van der Waals surface area (Å²) < 4.78 is 17.8. The Morgan fingerprint density at radius 1 is 1.24 bits per heavy atom. The topological polar surface area (TPSA) is 27.7 Å². The predicted molar refractivity (Wildman–Crippen MR) is 85.6 cm³/mol. The monoisotopic (exact) mass is 368 g/mol. The first-order valence-electron chi connectivity index (χ1n) is 6.55.